The lowest BCUT2D eigenvalue weighted by molar-refractivity contribution is 0.666. The molecule has 4 heteroatoms. The van der Waals surface area contributed by atoms with Gasteiger partial charge in [-0.2, -0.15) is 5.26 Å². The van der Waals surface area contributed by atoms with Crippen molar-refractivity contribution >= 4 is 21.8 Å². The van der Waals surface area contributed by atoms with E-state index in [1.807, 2.05) is 60.7 Å². The molecule has 4 nitrogen and oxygen atoms in total. The lowest BCUT2D eigenvalue weighted by Crippen LogP contribution is -2.15. The van der Waals surface area contributed by atoms with Crippen molar-refractivity contribution in [2.45, 2.75) is 19.3 Å². The Hall–Kier alpha value is -5.53. The van der Waals surface area contributed by atoms with Crippen LogP contribution >= 0.6 is 0 Å². The fourth-order valence-corrected chi connectivity index (χ4v) is 6.79. The van der Waals surface area contributed by atoms with Crippen LogP contribution in [0.25, 0.3) is 61.4 Å². The number of aromatic nitrogens is 3. The average Bonchev–Trinajstić information content (AvgIpc) is 3.50. The minimum atomic E-state index is -0.186. The molecule has 0 saturated heterocycles. The Kier molecular flexibility index (Phi) is 5.20. The first kappa shape index (κ1) is 24.3. The first-order valence-corrected chi connectivity index (χ1v) is 14.2. The van der Waals surface area contributed by atoms with Gasteiger partial charge in [0, 0.05) is 27.3 Å². The highest BCUT2D eigenvalue weighted by atomic mass is 15.1. The molecule has 2 aromatic heterocycles. The predicted molar refractivity (Wildman–Crippen MR) is 170 cm³/mol. The number of hydrogen-bond donors (Lipinski definition) is 0. The van der Waals surface area contributed by atoms with E-state index in [2.05, 4.69) is 85.1 Å². The molecule has 0 N–H and O–H groups in total. The van der Waals surface area contributed by atoms with Gasteiger partial charge in [0.15, 0.2) is 11.6 Å². The van der Waals surface area contributed by atoms with E-state index >= 15 is 0 Å². The third kappa shape index (κ3) is 3.34. The summed E-state index contributed by atoms with van der Waals surface area (Å²) in [4.78, 5) is 10.1. The molecule has 1 aliphatic rings. The SMILES string of the molecule is CC1(C)c2ccccc2-c2ccc3c(c21)c1ccccc1n3-c1nc(-c2ccccc2)nc(-c2ccccc2)c1C#N. The van der Waals surface area contributed by atoms with Gasteiger partial charge in [-0.1, -0.05) is 123 Å². The second-order valence-corrected chi connectivity index (χ2v) is 11.3. The zero-order valence-electron chi connectivity index (χ0n) is 23.3. The summed E-state index contributed by atoms with van der Waals surface area (Å²) in [5, 5.41) is 13.0. The zero-order valence-corrected chi connectivity index (χ0v) is 23.3. The normalized spacial score (nSPS) is 13.2. The van der Waals surface area contributed by atoms with Gasteiger partial charge in [0.25, 0.3) is 0 Å². The van der Waals surface area contributed by atoms with E-state index in [0.29, 0.717) is 22.9 Å². The molecule has 2 heterocycles. The highest BCUT2D eigenvalue weighted by Crippen LogP contribution is 2.53. The maximum absolute atomic E-state index is 10.7. The van der Waals surface area contributed by atoms with Crippen molar-refractivity contribution in [1.29, 1.82) is 5.26 Å². The van der Waals surface area contributed by atoms with Crippen LogP contribution in [0, 0.1) is 11.3 Å². The minimum absolute atomic E-state index is 0.186. The zero-order chi connectivity index (χ0) is 28.4. The van der Waals surface area contributed by atoms with Crippen LogP contribution in [0.1, 0.15) is 30.5 Å². The van der Waals surface area contributed by atoms with Crippen LogP contribution in [0.3, 0.4) is 0 Å². The number of nitrogens with zero attached hydrogens (tertiary/aromatic N) is 4. The van der Waals surface area contributed by atoms with Crippen molar-refractivity contribution in [3.8, 4) is 45.7 Å². The van der Waals surface area contributed by atoms with E-state index in [0.717, 1.165) is 27.5 Å². The van der Waals surface area contributed by atoms with Crippen LogP contribution in [-0.4, -0.2) is 14.5 Å². The highest BCUT2D eigenvalue weighted by Gasteiger charge is 2.38. The summed E-state index contributed by atoms with van der Waals surface area (Å²) < 4.78 is 2.17. The van der Waals surface area contributed by atoms with Gasteiger partial charge >= 0.3 is 0 Å². The maximum Gasteiger partial charge on any atom is 0.162 e. The number of benzene rings is 5. The van der Waals surface area contributed by atoms with Crippen molar-refractivity contribution in [3.05, 3.63) is 138 Å². The summed E-state index contributed by atoms with van der Waals surface area (Å²) in [6, 6.07) is 44.0. The summed E-state index contributed by atoms with van der Waals surface area (Å²) in [5.41, 5.74) is 9.93. The molecule has 0 amide bonds. The molecule has 0 fully saturated rings. The Morgan fingerprint density at radius 3 is 2.07 bits per heavy atom. The molecular weight excluding hydrogens is 512 g/mol. The fourth-order valence-electron chi connectivity index (χ4n) is 6.79. The van der Waals surface area contributed by atoms with E-state index in [9.17, 15) is 5.26 Å². The fraction of sp³-hybridized carbons (Fsp3) is 0.0789. The van der Waals surface area contributed by atoms with Crippen molar-refractivity contribution < 1.29 is 0 Å². The van der Waals surface area contributed by atoms with Crippen LogP contribution in [0.2, 0.25) is 0 Å². The second-order valence-electron chi connectivity index (χ2n) is 11.3. The Bertz CT molecular complexity index is 2220. The van der Waals surface area contributed by atoms with Gasteiger partial charge in [-0.3, -0.25) is 4.57 Å². The number of hydrogen-bond acceptors (Lipinski definition) is 3. The first-order valence-electron chi connectivity index (χ1n) is 14.2. The molecule has 198 valence electrons. The molecule has 1 aliphatic carbocycles. The van der Waals surface area contributed by atoms with Gasteiger partial charge < -0.3 is 0 Å². The molecule has 5 aromatic carbocycles. The molecule has 42 heavy (non-hydrogen) atoms. The van der Waals surface area contributed by atoms with Crippen LogP contribution in [0.4, 0.5) is 0 Å². The smallest absolute Gasteiger partial charge is 0.162 e. The third-order valence-electron chi connectivity index (χ3n) is 8.65. The Balaban J connectivity index is 1.52. The maximum atomic E-state index is 10.7. The molecule has 0 atom stereocenters. The number of nitriles is 1. The predicted octanol–water partition coefficient (Wildman–Crippen LogP) is 9.09. The Labute approximate surface area is 244 Å². The summed E-state index contributed by atoms with van der Waals surface area (Å²) in [6.07, 6.45) is 0. The third-order valence-corrected chi connectivity index (χ3v) is 8.65. The Morgan fingerprint density at radius 1 is 0.643 bits per heavy atom. The molecule has 0 unspecified atom stereocenters. The molecule has 0 saturated carbocycles. The lowest BCUT2D eigenvalue weighted by Gasteiger charge is -2.22. The van der Waals surface area contributed by atoms with Crippen LogP contribution in [0.5, 0.6) is 0 Å². The largest absolute Gasteiger partial charge is 0.293 e. The van der Waals surface area contributed by atoms with E-state index in [1.54, 1.807) is 0 Å². The van der Waals surface area contributed by atoms with Gasteiger partial charge in [0.05, 0.1) is 16.7 Å². The molecule has 0 bridgehead atoms. The lowest BCUT2D eigenvalue weighted by atomic mass is 9.80. The summed E-state index contributed by atoms with van der Waals surface area (Å²) in [7, 11) is 0. The van der Waals surface area contributed by atoms with Crippen molar-refractivity contribution in [3.63, 3.8) is 0 Å². The van der Waals surface area contributed by atoms with Crippen molar-refractivity contribution in [2.24, 2.45) is 0 Å². The van der Waals surface area contributed by atoms with Crippen molar-refractivity contribution in [2.75, 3.05) is 0 Å². The standard InChI is InChI=1S/C38H26N4/c1-38(2)30-19-11-9-17-26(30)27-21-22-32-33(34(27)38)28-18-10-12-20-31(28)42(32)37-29(23-39)35(24-13-5-3-6-14-24)40-36(41-37)25-15-7-4-8-16-25/h3-22H,1-2H3. The molecule has 0 spiro atoms. The Morgan fingerprint density at radius 2 is 1.31 bits per heavy atom. The quantitative estimate of drug-likeness (QED) is 0.225. The molecule has 7 aromatic rings. The number of rotatable bonds is 3. The molecule has 8 rings (SSSR count). The van der Waals surface area contributed by atoms with Crippen LogP contribution in [-0.2, 0) is 5.41 Å². The van der Waals surface area contributed by atoms with E-state index in [1.165, 1.54) is 27.6 Å². The van der Waals surface area contributed by atoms with Gasteiger partial charge in [-0.05, 0) is 34.4 Å². The number of para-hydroxylation sites is 1. The minimum Gasteiger partial charge on any atom is -0.293 e. The van der Waals surface area contributed by atoms with Crippen LogP contribution < -0.4 is 0 Å². The van der Waals surface area contributed by atoms with Gasteiger partial charge in [0.1, 0.15) is 11.6 Å². The first-order chi connectivity index (χ1) is 20.6. The summed E-state index contributed by atoms with van der Waals surface area (Å²) in [5.74, 6) is 1.17. The van der Waals surface area contributed by atoms with Gasteiger partial charge in [0.2, 0.25) is 0 Å². The monoisotopic (exact) mass is 538 g/mol. The molecule has 0 aliphatic heterocycles. The molecule has 0 radical (unpaired) electrons. The average molecular weight is 539 g/mol. The van der Waals surface area contributed by atoms with Crippen molar-refractivity contribution in [1.82, 2.24) is 14.5 Å². The van der Waals surface area contributed by atoms with E-state index < -0.39 is 0 Å². The van der Waals surface area contributed by atoms with E-state index in [4.69, 9.17) is 9.97 Å². The van der Waals surface area contributed by atoms with Gasteiger partial charge in [-0.15, -0.1) is 0 Å². The second kappa shape index (κ2) is 8.99. The van der Waals surface area contributed by atoms with E-state index in [-0.39, 0.29) is 5.41 Å². The summed E-state index contributed by atoms with van der Waals surface area (Å²) >= 11 is 0. The van der Waals surface area contributed by atoms with Gasteiger partial charge in [-0.25, -0.2) is 9.97 Å². The summed E-state index contributed by atoms with van der Waals surface area (Å²) in [6.45, 7) is 4.63. The topological polar surface area (TPSA) is 54.5 Å². The highest BCUT2D eigenvalue weighted by molar-refractivity contribution is 6.14. The van der Waals surface area contributed by atoms with Crippen LogP contribution in [0.15, 0.2) is 121 Å². The molecular formula is C38H26N4. The number of fused-ring (bicyclic) bond motifs is 7.